The Morgan fingerprint density at radius 2 is 1.85 bits per heavy atom. The Balaban J connectivity index is 1.38. The smallest absolute Gasteiger partial charge is 0.272 e. The Bertz CT molecular complexity index is 1450. The first-order valence-corrected chi connectivity index (χ1v) is 11.0. The van der Waals surface area contributed by atoms with Crippen molar-refractivity contribution in [3.8, 4) is 0 Å². The highest BCUT2D eigenvalue weighted by Crippen LogP contribution is 2.27. The SMILES string of the molecule is O=C(Nc1ccc(Cl)cc1)c1c[nH]n2c(=O)cc([C@@H]3CCN(C(=O)c4ccc(F)cc4)C3)nc12. The van der Waals surface area contributed by atoms with Crippen molar-refractivity contribution < 1.29 is 14.0 Å². The second kappa shape index (κ2) is 8.75. The molecule has 1 aliphatic heterocycles. The molecule has 10 heteroatoms. The van der Waals surface area contributed by atoms with E-state index in [0.717, 1.165) is 0 Å². The second-order valence-corrected chi connectivity index (χ2v) is 8.51. The van der Waals surface area contributed by atoms with Crippen molar-refractivity contribution in [2.24, 2.45) is 0 Å². The maximum atomic E-state index is 13.2. The minimum Gasteiger partial charge on any atom is -0.338 e. The number of nitrogens with zero attached hydrogens (tertiary/aromatic N) is 3. The monoisotopic (exact) mass is 479 g/mol. The highest BCUT2D eigenvalue weighted by atomic mass is 35.5. The number of benzene rings is 2. The van der Waals surface area contributed by atoms with Crippen LogP contribution >= 0.6 is 11.6 Å². The summed E-state index contributed by atoms with van der Waals surface area (Å²) in [6.07, 6.45) is 2.05. The van der Waals surface area contributed by atoms with Crippen LogP contribution in [-0.2, 0) is 0 Å². The largest absolute Gasteiger partial charge is 0.338 e. The molecule has 1 atom stereocenters. The summed E-state index contributed by atoms with van der Waals surface area (Å²) >= 11 is 5.89. The standard InChI is InChI=1S/C24H19ClFN5O3/c25-16-3-7-18(8-4-16)28-23(33)19-12-27-31-21(32)11-20(29-22(19)31)15-9-10-30(13-15)24(34)14-1-5-17(26)6-2-14/h1-8,11-12,15,27H,9-10,13H2,(H,28,33)/t15-/m1/s1. The van der Waals surface area contributed by atoms with Crippen LogP contribution in [0.1, 0.15) is 38.7 Å². The Morgan fingerprint density at radius 1 is 1.12 bits per heavy atom. The third-order valence-electron chi connectivity index (χ3n) is 5.85. The van der Waals surface area contributed by atoms with Gasteiger partial charge in [0.2, 0.25) is 0 Å². The number of carbonyl (C=O) groups excluding carboxylic acids is 2. The third kappa shape index (κ3) is 4.17. The van der Waals surface area contributed by atoms with E-state index < -0.39 is 11.7 Å². The van der Waals surface area contributed by atoms with Gasteiger partial charge < -0.3 is 10.2 Å². The molecule has 1 fully saturated rings. The van der Waals surface area contributed by atoms with Crippen molar-refractivity contribution in [2.45, 2.75) is 12.3 Å². The molecule has 2 amide bonds. The van der Waals surface area contributed by atoms with E-state index in [1.54, 1.807) is 29.2 Å². The van der Waals surface area contributed by atoms with Gasteiger partial charge in [0.1, 0.15) is 11.4 Å². The van der Waals surface area contributed by atoms with E-state index in [2.05, 4.69) is 15.4 Å². The van der Waals surface area contributed by atoms with Crippen LogP contribution < -0.4 is 10.9 Å². The van der Waals surface area contributed by atoms with E-state index in [9.17, 15) is 18.8 Å². The van der Waals surface area contributed by atoms with Gasteiger partial charge in [0.25, 0.3) is 17.4 Å². The number of nitrogens with one attached hydrogen (secondary N) is 2. The van der Waals surface area contributed by atoms with Crippen molar-refractivity contribution in [3.63, 3.8) is 0 Å². The lowest BCUT2D eigenvalue weighted by Crippen LogP contribution is -2.28. The van der Waals surface area contributed by atoms with Crippen LogP contribution in [0.25, 0.3) is 5.65 Å². The maximum absolute atomic E-state index is 13.2. The molecule has 5 rings (SSSR count). The van der Waals surface area contributed by atoms with Gasteiger partial charge in [0, 0.05) is 47.5 Å². The average Bonchev–Trinajstić information content (AvgIpc) is 3.48. The van der Waals surface area contributed by atoms with Gasteiger partial charge in [-0.1, -0.05) is 11.6 Å². The number of rotatable bonds is 4. The lowest BCUT2D eigenvalue weighted by atomic mass is 10.0. The summed E-state index contributed by atoms with van der Waals surface area (Å²) < 4.78 is 14.4. The summed E-state index contributed by atoms with van der Waals surface area (Å²) in [6.45, 7) is 0.856. The Kier molecular flexibility index (Phi) is 5.62. The third-order valence-corrected chi connectivity index (χ3v) is 6.10. The number of carbonyl (C=O) groups is 2. The van der Waals surface area contributed by atoms with Crippen molar-refractivity contribution in [2.75, 3.05) is 18.4 Å². The number of hydrogen-bond acceptors (Lipinski definition) is 4. The highest BCUT2D eigenvalue weighted by Gasteiger charge is 2.30. The summed E-state index contributed by atoms with van der Waals surface area (Å²) in [5, 5.41) is 6.08. The van der Waals surface area contributed by atoms with Crippen LogP contribution in [0, 0.1) is 5.82 Å². The summed E-state index contributed by atoms with van der Waals surface area (Å²) in [5.41, 5.74) is 1.53. The van der Waals surface area contributed by atoms with Crippen molar-refractivity contribution in [3.05, 3.63) is 98.8 Å². The van der Waals surface area contributed by atoms with Gasteiger partial charge in [0.05, 0.1) is 5.69 Å². The van der Waals surface area contributed by atoms with E-state index in [1.807, 2.05) is 0 Å². The molecule has 4 aromatic rings. The lowest BCUT2D eigenvalue weighted by molar-refractivity contribution is 0.0790. The van der Waals surface area contributed by atoms with E-state index >= 15 is 0 Å². The molecule has 0 aliphatic carbocycles. The Labute approximate surface area is 198 Å². The minimum absolute atomic E-state index is 0.163. The summed E-state index contributed by atoms with van der Waals surface area (Å²) in [7, 11) is 0. The van der Waals surface area contributed by atoms with E-state index in [1.165, 1.54) is 41.0 Å². The van der Waals surface area contributed by atoms with Crippen molar-refractivity contribution >= 4 is 34.7 Å². The molecular weight excluding hydrogens is 461 g/mol. The fourth-order valence-corrected chi connectivity index (χ4v) is 4.19. The first kappa shape index (κ1) is 21.8. The molecule has 1 saturated heterocycles. The Morgan fingerprint density at radius 3 is 2.59 bits per heavy atom. The first-order chi connectivity index (χ1) is 16.4. The number of anilines is 1. The van der Waals surface area contributed by atoms with Gasteiger partial charge in [-0.25, -0.2) is 13.9 Å². The van der Waals surface area contributed by atoms with Crippen LogP contribution in [0.15, 0.2) is 65.6 Å². The summed E-state index contributed by atoms with van der Waals surface area (Å²) in [4.78, 5) is 44.5. The first-order valence-electron chi connectivity index (χ1n) is 10.6. The van der Waals surface area contributed by atoms with E-state index in [-0.39, 0.29) is 28.6 Å². The molecule has 172 valence electrons. The van der Waals surface area contributed by atoms with Crippen LogP contribution in [0.5, 0.6) is 0 Å². The molecule has 0 radical (unpaired) electrons. The summed E-state index contributed by atoms with van der Waals surface area (Å²) in [6, 6.07) is 13.5. The maximum Gasteiger partial charge on any atom is 0.272 e. The second-order valence-electron chi connectivity index (χ2n) is 8.07. The number of hydrogen-bond donors (Lipinski definition) is 2. The number of halogens is 2. The molecule has 0 spiro atoms. The van der Waals surface area contributed by atoms with Gasteiger partial charge in [-0.15, -0.1) is 0 Å². The summed E-state index contributed by atoms with van der Waals surface area (Å²) in [5.74, 6) is -1.20. The number of amides is 2. The number of aromatic nitrogens is 3. The highest BCUT2D eigenvalue weighted by molar-refractivity contribution is 6.30. The molecule has 0 saturated carbocycles. The molecule has 34 heavy (non-hydrogen) atoms. The van der Waals surface area contributed by atoms with Crippen molar-refractivity contribution in [1.29, 1.82) is 0 Å². The fraction of sp³-hybridized carbons (Fsp3) is 0.167. The number of H-pyrrole nitrogens is 1. The molecule has 0 unspecified atom stereocenters. The van der Waals surface area contributed by atoms with Gasteiger partial charge in [-0.2, -0.15) is 0 Å². The molecular formula is C24H19ClFN5O3. The lowest BCUT2D eigenvalue weighted by Gasteiger charge is -2.16. The molecule has 1 aliphatic rings. The molecule has 3 heterocycles. The fourth-order valence-electron chi connectivity index (χ4n) is 4.07. The Hall–Kier alpha value is -3.98. The molecule has 2 aromatic heterocycles. The molecule has 2 aromatic carbocycles. The topological polar surface area (TPSA) is 99.6 Å². The van der Waals surface area contributed by atoms with Crippen molar-refractivity contribution in [1.82, 2.24) is 19.5 Å². The predicted octanol–water partition coefficient (Wildman–Crippen LogP) is 3.70. The number of likely N-dealkylation sites (tertiary alicyclic amines) is 1. The van der Waals surface area contributed by atoms with Gasteiger partial charge in [-0.3, -0.25) is 19.5 Å². The van der Waals surface area contributed by atoms with Crippen LogP contribution in [0.4, 0.5) is 10.1 Å². The number of aromatic amines is 1. The average molecular weight is 480 g/mol. The van der Waals surface area contributed by atoms with E-state index in [4.69, 9.17) is 11.6 Å². The predicted molar refractivity (Wildman–Crippen MR) is 125 cm³/mol. The normalized spacial score (nSPS) is 15.6. The van der Waals surface area contributed by atoms with E-state index in [0.29, 0.717) is 41.5 Å². The quantitative estimate of drug-likeness (QED) is 0.466. The van der Waals surface area contributed by atoms with Gasteiger partial charge >= 0.3 is 0 Å². The number of fused-ring (bicyclic) bond motifs is 1. The minimum atomic E-state index is -0.426. The zero-order valence-electron chi connectivity index (χ0n) is 17.8. The zero-order valence-corrected chi connectivity index (χ0v) is 18.6. The van der Waals surface area contributed by atoms with Crippen LogP contribution in [0.3, 0.4) is 0 Å². The molecule has 2 N–H and O–H groups in total. The van der Waals surface area contributed by atoms with Crippen LogP contribution in [-0.4, -0.2) is 44.4 Å². The molecule has 0 bridgehead atoms. The van der Waals surface area contributed by atoms with Gasteiger partial charge in [0.15, 0.2) is 5.65 Å². The van der Waals surface area contributed by atoms with Crippen LogP contribution in [0.2, 0.25) is 5.02 Å². The zero-order chi connectivity index (χ0) is 23.8. The van der Waals surface area contributed by atoms with Gasteiger partial charge in [-0.05, 0) is 55.0 Å². The molecule has 8 nitrogen and oxygen atoms in total.